The van der Waals surface area contributed by atoms with Crippen molar-refractivity contribution in [1.29, 1.82) is 0 Å². The van der Waals surface area contributed by atoms with E-state index in [1.807, 2.05) is 41.8 Å². The molecule has 3 rings (SSSR count). The molecule has 5 heteroatoms. The third-order valence-electron chi connectivity index (χ3n) is 3.41. The fraction of sp³-hybridized carbons (Fsp3) is 0.158. The second kappa shape index (κ2) is 7.16. The Balaban J connectivity index is 1.89. The van der Waals surface area contributed by atoms with Crippen LogP contribution in [0.2, 0.25) is 0 Å². The molecule has 1 aromatic heterocycles. The number of terminal acetylenes is 1. The van der Waals surface area contributed by atoms with Crippen molar-refractivity contribution in [3.63, 3.8) is 0 Å². The molecule has 0 unspecified atom stereocenters. The number of thiazole rings is 1. The van der Waals surface area contributed by atoms with Gasteiger partial charge in [0.2, 0.25) is 0 Å². The Morgan fingerprint density at radius 1 is 1.29 bits per heavy atom. The predicted octanol–water partition coefficient (Wildman–Crippen LogP) is 3.15. The van der Waals surface area contributed by atoms with Crippen LogP contribution in [0.25, 0.3) is 10.2 Å². The number of carbonyl (C=O) groups is 1. The number of para-hydroxylation sites is 1. The summed E-state index contributed by atoms with van der Waals surface area (Å²) in [5.41, 5.74) is 2.14. The van der Waals surface area contributed by atoms with Gasteiger partial charge in [-0.15, -0.1) is 6.42 Å². The van der Waals surface area contributed by atoms with Gasteiger partial charge in [-0.1, -0.05) is 41.5 Å². The van der Waals surface area contributed by atoms with Gasteiger partial charge in [0.1, 0.15) is 5.75 Å². The summed E-state index contributed by atoms with van der Waals surface area (Å²) < 4.78 is 8.38. The fourth-order valence-corrected chi connectivity index (χ4v) is 3.46. The van der Waals surface area contributed by atoms with Crippen LogP contribution in [-0.4, -0.2) is 17.1 Å². The molecule has 120 valence electrons. The first-order chi connectivity index (χ1) is 11.7. The van der Waals surface area contributed by atoms with E-state index in [1.54, 1.807) is 12.1 Å². The zero-order valence-electron chi connectivity index (χ0n) is 13.2. The molecule has 24 heavy (non-hydrogen) atoms. The van der Waals surface area contributed by atoms with Crippen molar-refractivity contribution in [2.75, 3.05) is 6.61 Å². The maximum Gasteiger partial charge on any atom is 0.286 e. The van der Waals surface area contributed by atoms with Crippen LogP contribution in [-0.2, 0) is 11.3 Å². The number of ether oxygens (including phenoxy) is 1. The van der Waals surface area contributed by atoms with Gasteiger partial charge in [0, 0.05) is 0 Å². The summed E-state index contributed by atoms with van der Waals surface area (Å²) in [6, 6.07) is 15.3. The second-order valence-corrected chi connectivity index (χ2v) is 6.26. The zero-order chi connectivity index (χ0) is 16.9. The predicted molar refractivity (Wildman–Crippen MR) is 95.9 cm³/mol. The Bertz CT molecular complexity index is 978. The summed E-state index contributed by atoms with van der Waals surface area (Å²) in [6.07, 6.45) is 5.46. The van der Waals surface area contributed by atoms with Crippen LogP contribution in [0.4, 0.5) is 0 Å². The first-order valence-electron chi connectivity index (χ1n) is 7.46. The van der Waals surface area contributed by atoms with Crippen LogP contribution in [0, 0.1) is 19.3 Å². The molecule has 2 aromatic carbocycles. The number of hydrogen-bond acceptors (Lipinski definition) is 3. The number of carbonyl (C=O) groups excluding carboxylic acids is 1. The summed E-state index contributed by atoms with van der Waals surface area (Å²) >= 11 is 1.45. The molecular weight excluding hydrogens is 320 g/mol. The lowest BCUT2D eigenvalue weighted by Gasteiger charge is -2.02. The molecule has 0 atom stereocenters. The van der Waals surface area contributed by atoms with Crippen LogP contribution >= 0.6 is 11.3 Å². The maximum atomic E-state index is 12.1. The van der Waals surface area contributed by atoms with Crippen LogP contribution in [0.5, 0.6) is 5.75 Å². The lowest BCUT2D eigenvalue weighted by Crippen LogP contribution is -2.19. The molecule has 0 fully saturated rings. The Labute approximate surface area is 144 Å². The molecule has 0 aliphatic heterocycles. The number of hydrogen-bond donors (Lipinski definition) is 0. The minimum Gasteiger partial charge on any atom is -0.484 e. The molecule has 0 aliphatic rings. The molecule has 1 heterocycles. The van der Waals surface area contributed by atoms with Gasteiger partial charge in [-0.3, -0.25) is 4.79 Å². The van der Waals surface area contributed by atoms with E-state index in [-0.39, 0.29) is 12.5 Å². The van der Waals surface area contributed by atoms with E-state index in [4.69, 9.17) is 11.2 Å². The summed E-state index contributed by atoms with van der Waals surface area (Å²) in [6.45, 7) is 2.29. The molecule has 0 saturated heterocycles. The molecule has 0 radical (unpaired) electrons. The molecule has 4 nitrogen and oxygen atoms in total. The molecule has 1 amide bonds. The standard InChI is InChI=1S/C19H16N2O2S/c1-3-11-21-16-10-9-14(2)12-17(16)24-19(21)20-18(22)13-23-15-7-5-4-6-8-15/h1,4-10,12H,11,13H2,2H3. The second-order valence-electron chi connectivity index (χ2n) is 5.25. The number of aryl methyl sites for hydroxylation is 1. The van der Waals surface area contributed by atoms with Gasteiger partial charge >= 0.3 is 0 Å². The average Bonchev–Trinajstić information content (AvgIpc) is 2.91. The van der Waals surface area contributed by atoms with E-state index >= 15 is 0 Å². The van der Waals surface area contributed by atoms with Crippen molar-refractivity contribution >= 4 is 27.5 Å². The SMILES string of the molecule is C#CCn1c(=NC(=O)COc2ccccc2)sc2cc(C)ccc21. The summed E-state index contributed by atoms with van der Waals surface area (Å²) in [4.78, 5) is 16.9. The smallest absolute Gasteiger partial charge is 0.286 e. The van der Waals surface area contributed by atoms with Crippen molar-refractivity contribution in [2.24, 2.45) is 4.99 Å². The number of benzene rings is 2. The van der Waals surface area contributed by atoms with Gasteiger partial charge in [-0.25, -0.2) is 0 Å². The summed E-state index contributed by atoms with van der Waals surface area (Å²) in [5, 5.41) is 0. The highest BCUT2D eigenvalue weighted by Crippen LogP contribution is 2.18. The van der Waals surface area contributed by atoms with E-state index < -0.39 is 0 Å². The molecule has 0 aliphatic carbocycles. The van der Waals surface area contributed by atoms with Crippen molar-refractivity contribution in [2.45, 2.75) is 13.5 Å². The highest BCUT2D eigenvalue weighted by molar-refractivity contribution is 7.16. The van der Waals surface area contributed by atoms with Gasteiger partial charge in [0.25, 0.3) is 5.91 Å². The first kappa shape index (κ1) is 16.0. The number of amides is 1. The normalized spacial score (nSPS) is 11.4. The average molecular weight is 336 g/mol. The van der Waals surface area contributed by atoms with Crippen molar-refractivity contribution in [3.05, 3.63) is 58.9 Å². The summed E-state index contributed by atoms with van der Waals surface area (Å²) in [5.74, 6) is 2.92. The number of rotatable bonds is 4. The Morgan fingerprint density at radius 3 is 2.83 bits per heavy atom. The minimum atomic E-state index is -0.340. The Morgan fingerprint density at radius 2 is 2.08 bits per heavy atom. The van der Waals surface area contributed by atoms with E-state index in [0.717, 1.165) is 15.8 Å². The quantitative estimate of drug-likeness (QED) is 0.687. The minimum absolute atomic E-state index is 0.104. The molecular formula is C19H16N2O2S. The lowest BCUT2D eigenvalue weighted by atomic mass is 10.2. The Kier molecular flexibility index (Phi) is 4.78. The molecule has 0 bridgehead atoms. The van der Waals surface area contributed by atoms with Crippen LogP contribution in [0.1, 0.15) is 5.56 Å². The third kappa shape index (κ3) is 3.55. The highest BCUT2D eigenvalue weighted by Gasteiger charge is 2.08. The van der Waals surface area contributed by atoms with Crippen molar-refractivity contribution in [3.8, 4) is 18.1 Å². The monoisotopic (exact) mass is 336 g/mol. The van der Waals surface area contributed by atoms with Crippen molar-refractivity contribution < 1.29 is 9.53 Å². The van der Waals surface area contributed by atoms with Crippen LogP contribution in [0.3, 0.4) is 0 Å². The van der Waals surface area contributed by atoms with E-state index in [1.165, 1.54) is 11.3 Å². The van der Waals surface area contributed by atoms with E-state index in [2.05, 4.69) is 17.0 Å². The zero-order valence-corrected chi connectivity index (χ0v) is 14.0. The van der Waals surface area contributed by atoms with Crippen LogP contribution < -0.4 is 9.54 Å². The largest absolute Gasteiger partial charge is 0.484 e. The van der Waals surface area contributed by atoms with E-state index in [9.17, 15) is 4.79 Å². The molecule has 0 spiro atoms. The number of fused-ring (bicyclic) bond motifs is 1. The lowest BCUT2D eigenvalue weighted by molar-refractivity contribution is -0.120. The van der Waals surface area contributed by atoms with Gasteiger partial charge in [0.15, 0.2) is 11.4 Å². The molecule has 0 N–H and O–H groups in total. The Hall–Kier alpha value is -2.84. The maximum absolute atomic E-state index is 12.1. The van der Waals surface area contributed by atoms with Gasteiger partial charge in [-0.05, 0) is 36.8 Å². The number of aromatic nitrogens is 1. The fourth-order valence-electron chi connectivity index (χ4n) is 2.31. The number of nitrogens with zero attached hydrogens (tertiary/aromatic N) is 2. The highest BCUT2D eigenvalue weighted by atomic mass is 32.1. The molecule has 3 aromatic rings. The summed E-state index contributed by atoms with van der Waals surface area (Å²) in [7, 11) is 0. The van der Waals surface area contributed by atoms with E-state index in [0.29, 0.717) is 17.1 Å². The first-order valence-corrected chi connectivity index (χ1v) is 8.28. The van der Waals surface area contributed by atoms with Gasteiger partial charge < -0.3 is 9.30 Å². The molecule has 0 saturated carbocycles. The third-order valence-corrected chi connectivity index (χ3v) is 4.45. The van der Waals surface area contributed by atoms with Crippen molar-refractivity contribution in [1.82, 2.24) is 4.57 Å². The van der Waals surface area contributed by atoms with Crippen LogP contribution in [0.15, 0.2) is 53.5 Å². The van der Waals surface area contributed by atoms with Gasteiger partial charge in [-0.2, -0.15) is 4.99 Å². The topological polar surface area (TPSA) is 43.6 Å². The van der Waals surface area contributed by atoms with Gasteiger partial charge in [0.05, 0.1) is 16.8 Å².